The van der Waals surface area contributed by atoms with Crippen LogP contribution in [0.1, 0.15) is 33.6 Å². The normalized spacial score (nSPS) is 10.6. The minimum Gasteiger partial charge on any atom is -0.396 e. The van der Waals surface area contributed by atoms with Crippen LogP contribution in [-0.4, -0.2) is 79.9 Å². The lowest BCUT2D eigenvalue weighted by molar-refractivity contribution is -0.119. The smallest absolute Gasteiger partial charge is 0.255 e. The summed E-state index contributed by atoms with van der Waals surface area (Å²) in [5.74, 6) is -1.13. The molecule has 0 saturated carbocycles. The predicted molar refractivity (Wildman–Crippen MR) is 138 cm³/mol. The van der Waals surface area contributed by atoms with Crippen LogP contribution in [-0.2, 0) is 9.53 Å². The topological polar surface area (TPSA) is 128 Å². The van der Waals surface area contributed by atoms with Crippen molar-refractivity contribution in [2.75, 3.05) is 52.4 Å². The molecular formula is C18H24I3N3O6. The van der Waals surface area contributed by atoms with E-state index >= 15 is 0 Å². The van der Waals surface area contributed by atoms with Crippen molar-refractivity contribution in [3.8, 4) is 0 Å². The molecule has 0 aliphatic carbocycles. The second-order valence-electron chi connectivity index (χ2n) is 6.19. The third kappa shape index (κ3) is 7.39. The Morgan fingerprint density at radius 2 is 1.60 bits per heavy atom. The summed E-state index contributed by atoms with van der Waals surface area (Å²) in [6, 6.07) is 0. The second-order valence-corrected chi connectivity index (χ2v) is 9.42. The van der Waals surface area contributed by atoms with Crippen molar-refractivity contribution in [2.45, 2.75) is 12.8 Å². The molecule has 0 aliphatic rings. The zero-order chi connectivity index (χ0) is 22.8. The fourth-order valence-corrected chi connectivity index (χ4v) is 6.82. The Labute approximate surface area is 216 Å². The molecular weight excluding hydrogens is 735 g/mol. The maximum atomic E-state index is 13.1. The maximum Gasteiger partial charge on any atom is 0.255 e. The zero-order valence-electron chi connectivity index (χ0n) is 16.6. The van der Waals surface area contributed by atoms with Gasteiger partial charge in [0.2, 0.25) is 5.91 Å². The first-order valence-electron chi connectivity index (χ1n) is 8.95. The van der Waals surface area contributed by atoms with Gasteiger partial charge in [0.05, 0.1) is 24.0 Å². The molecule has 0 atom stereocenters. The summed E-state index contributed by atoms with van der Waals surface area (Å²) in [5, 5.41) is 23.5. The number of rotatable bonds is 11. The number of ether oxygens (including phenoxy) is 1. The number of amides is 3. The first-order chi connectivity index (χ1) is 14.2. The molecule has 0 radical (unpaired) electrons. The van der Waals surface area contributed by atoms with Crippen LogP contribution < -0.4 is 10.6 Å². The van der Waals surface area contributed by atoms with Crippen molar-refractivity contribution >= 4 is 91.2 Å². The summed E-state index contributed by atoms with van der Waals surface area (Å²) >= 11 is 5.93. The third-order valence-corrected chi connectivity index (χ3v) is 7.15. The lowest BCUT2D eigenvalue weighted by atomic mass is 10.1. The largest absolute Gasteiger partial charge is 0.396 e. The molecule has 168 valence electrons. The quantitative estimate of drug-likeness (QED) is 0.201. The molecule has 0 fully saturated rings. The molecule has 12 heteroatoms. The number of anilines is 1. The van der Waals surface area contributed by atoms with Gasteiger partial charge in [0.25, 0.3) is 11.8 Å². The SMILES string of the molecule is COCC(=O)Nc1c(I)c(C(=O)NCCCO)c(I)c(C(=O)N(C)CCCO)c1I. The number of carbonyl (C=O) groups excluding carboxylic acids is 3. The standard InChI is InChI=1S/C18H24I3N3O6/c1-24(6-4-8-26)18(29)12-13(19)11(17(28)22-5-3-7-25)14(20)16(15(12)21)23-10(27)9-30-2/h25-26H,3-9H2,1-2H3,(H,22,28)(H,23,27). The fourth-order valence-electron chi connectivity index (χ4n) is 2.44. The molecule has 0 heterocycles. The van der Waals surface area contributed by atoms with E-state index in [1.54, 1.807) is 7.05 Å². The van der Waals surface area contributed by atoms with E-state index in [4.69, 9.17) is 14.9 Å². The van der Waals surface area contributed by atoms with Crippen LogP contribution in [0.4, 0.5) is 5.69 Å². The van der Waals surface area contributed by atoms with Gasteiger partial charge >= 0.3 is 0 Å². The molecule has 1 rings (SSSR count). The Hall–Kier alpha value is -0.300. The molecule has 0 aliphatic heterocycles. The molecule has 0 aromatic heterocycles. The molecule has 1 aromatic rings. The Morgan fingerprint density at radius 3 is 2.17 bits per heavy atom. The van der Waals surface area contributed by atoms with Gasteiger partial charge in [0, 0.05) is 44.0 Å². The minimum absolute atomic E-state index is 0.0463. The lowest BCUT2D eigenvalue weighted by Crippen LogP contribution is -2.33. The number of methoxy groups -OCH3 is 1. The van der Waals surface area contributed by atoms with E-state index in [2.05, 4.69) is 10.6 Å². The molecule has 1 aromatic carbocycles. The van der Waals surface area contributed by atoms with E-state index in [9.17, 15) is 14.4 Å². The van der Waals surface area contributed by atoms with E-state index in [0.717, 1.165) is 0 Å². The third-order valence-electron chi connectivity index (χ3n) is 3.92. The average Bonchev–Trinajstić information content (AvgIpc) is 2.69. The van der Waals surface area contributed by atoms with E-state index < -0.39 is 11.8 Å². The fraction of sp³-hybridized carbons (Fsp3) is 0.500. The Balaban J connectivity index is 3.54. The summed E-state index contributed by atoms with van der Waals surface area (Å²) in [4.78, 5) is 39.6. The van der Waals surface area contributed by atoms with Gasteiger partial charge in [0.1, 0.15) is 6.61 Å². The predicted octanol–water partition coefficient (Wildman–Crippen LogP) is 1.65. The molecule has 9 nitrogen and oxygen atoms in total. The Kier molecular flexibility index (Phi) is 12.9. The number of aliphatic hydroxyl groups excluding tert-OH is 2. The Morgan fingerprint density at radius 1 is 1.00 bits per heavy atom. The molecule has 0 unspecified atom stereocenters. The van der Waals surface area contributed by atoms with Crippen LogP contribution in [0, 0.1) is 10.7 Å². The summed E-state index contributed by atoms with van der Waals surface area (Å²) in [6.07, 6.45) is 0.822. The summed E-state index contributed by atoms with van der Waals surface area (Å²) in [7, 11) is 3.01. The number of aliphatic hydroxyl groups is 2. The van der Waals surface area contributed by atoms with Crippen LogP contribution in [0.3, 0.4) is 0 Å². The van der Waals surface area contributed by atoms with E-state index in [0.29, 0.717) is 41.3 Å². The van der Waals surface area contributed by atoms with Crippen LogP contribution in [0.15, 0.2) is 0 Å². The van der Waals surface area contributed by atoms with Gasteiger partial charge in [0.15, 0.2) is 0 Å². The molecule has 0 spiro atoms. The number of hydrogen-bond donors (Lipinski definition) is 4. The van der Waals surface area contributed by atoms with Gasteiger partial charge in [-0.2, -0.15) is 0 Å². The van der Waals surface area contributed by atoms with Crippen molar-refractivity contribution < 1.29 is 29.3 Å². The van der Waals surface area contributed by atoms with E-state index in [1.807, 2.05) is 67.8 Å². The van der Waals surface area contributed by atoms with Crippen molar-refractivity contribution in [1.82, 2.24) is 10.2 Å². The van der Waals surface area contributed by atoms with Crippen LogP contribution in [0.2, 0.25) is 0 Å². The lowest BCUT2D eigenvalue weighted by Gasteiger charge is -2.23. The minimum atomic E-state index is -0.409. The van der Waals surface area contributed by atoms with E-state index in [1.165, 1.54) is 12.0 Å². The van der Waals surface area contributed by atoms with Crippen LogP contribution in [0.25, 0.3) is 0 Å². The number of benzene rings is 1. The van der Waals surface area contributed by atoms with E-state index in [-0.39, 0.29) is 37.8 Å². The summed E-state index contributed by atoms with van der Waals surface area (Å²) < 4.78 is 6.34. The van der Waals surface area contributed by atoms with Crippen molar-refractivity contribution in [3.63, 3.8) is 0 Å². The number of nitrogens with zero attached hydrogens (tertiary/aromatic N) is 1. The highest BCUT2D eigenvalue weighted by atomic mass is 127. The molecule has 0 saturated heterocycles. The van der Waals surface area contributed by atoms with Gasteiger partial charge in [-0.25, -0.2) is 0 Å². The maximum absolute atomic E-state index is 13.1. The average molecular weight is 759 g/mol. The van der Waals surface area contributed by atoms with Crippen LogP contribution in [0.5, 0.6) is 0 Å². The van der Waals surface area contributed by atoms with Crippen molar-refractivity contribution in [1.29, 1.82) is 0 Å². The van der Waals surface area contributed by atoms with Gasteiger partial charge in [-0.15, -0.1) is 0 Å². The van der Waals surface area contributed by atoms with Gasteiger partial charge in [-0.05, 0) is 80.6 Å². The number of nitrogens with one attached hydrogen (secondary N) is 2. The monoisotopic (exact) mass is 759 g/mol. The van der Waals surface area contributed by atoms with Gasteiger partial charge < -0.3 is 30.5 Å². The summed E-state index contributed by atoms with van der Waals surface area (Å²) in [5.41, 5.74) is 0.947. The zero-order valence-corrected chi connectivity index (χ0v) is 23.0. The second kappa shape index (κ2) is 14.0. The molecule has 30 heavy (non-hydrogen) atoms. The van der Waals surface area contributed by atoms with Gasteiger partial charge in [-0.3, -0.25) is 14.4 Å². The highest BCUT2D eigenvalue weighted by Crippen LogP contribution is 2.36. The highest BCUT2D eigenvalue weighted by molar-refractivity contribution is 14.1. The number of carbonyl (C=O) groups is 3. The summed E-state index contributed by atoms with van der Waals surface area (Å²) in [6.45, 7) is 0.347. The first kappa shape index (κ1) is 27.7. The Bertz CT molecular complexity index is 791. The molecule has 0 bridgehead atoms. The van der Waals surface area contributed by atoms with Crippen molar-refractivity contribution in [3.05, 3.63) is 21.8 Å². The van der Waals surface area contributed by atoms with Crippen molar-refractivity contribution in [2.24, 2.45) is 0 Å². The van der Waals surface area contributed by atoms with Crippen LogP contribution >= 0.6 is 67.8 Å². The first-order valence-corrected chi connectivity index (χ1v) is 12.2. The number of halogens is 3. The molecule has 4 N–H and O–H groups in total. The highest BCUT2D eigenvalue weighted by Gasteiger charge is 2.29. The molecule has 3 amide bonds. The van der Waals surface area contributed by atoms with Gasteiger partial charge in [-0.1, -0.05) is 0 Å². The number of hydrogen-bond acceptors (Lipinski definition) is 6.